The monoisotopic (exact) mass is 322 g/mol. The molecule has 1 aromatic carbocycles. The third-order valence-electron chi connectivity index (χ3n) is 4.24. The Balaban J connectivity index is 1.46. The van der Waals surface area contributed by atoms with Crippen molar-refractivity contribution in [3.8, 4) is 5.75 Å². The highest BCUT2D eigenvalue weighted by atomic mass is 35.5. The van der Waals surface area contributed by atoms with Crippen LogP contribution in [0.1, 0.15) is 31.2 Å². The van der Waals surface area contributed by atoms with Crippen molar-refractivity contribution in [1.82, 2.24) is 5.32 Å². The van der Waals surface area contributed by atoms with E-state index in [4.69, 9.17) is 21.1 Å². The minimum absolute atomic E-state index is 0.623. The first kappa shape index (κ1) is 15.6. The summed E-state index contributed by atoms with van der Waals surface area (Å²) in [5, 5.41) is 4.02. The van der Waals surface area contributed by atoms with Gasteiger partial charge in [-0.15, -0.1) is 0 Å². The molecule has 3 rings (SSSR count). The molecule has 0 amide bonds. The summed E-state index contributed by atoms with van der Waals surface area (Å²) < 4.78 is 11.3. The molecule has 0 radical (unpaired) electrons. The lowest BCUT2D eigenvalue weighted by molar-refractivity contribution is 0.274. The maximum atomic E-state index is 6.29. The van der Waals surface area contributed by atoms with Gasteiger partial charge in [0.05, 0.1) is 18.2 Å². The molecule has 0 bridgehead atoms. The molecule has 0 saturated carbocycles. The number of hydrogen-bond donors (Lipinski definition) is 1. The van der Waals surface area contributed by atoms with E-state index in [9.17, 15) is 0 Å². The third-order valence-corrected chi connectivity index (χ3v) is 4.53. The molecular weight excluding hydrogens is 300 g/mol. The van der Waals surface area contributed by atoms with E-state index in [1.807, 2.05) is 18.2 Å². The normalized spacial score (nSPS) is 18.9. The van der Waals surface area contributed by atoms with Gasteiger partial charge >= 0.3 is 0 Å². The SMILES string of the molecule is Clc1cc(C2=NCCO2)ccc1OCCCC1CCNCC1. The van der Waals surface area contributed by atoms with Crippen LogP contribution in [0.2, 0.25) is 5.02 Å². The highest BCUT2D eigenvalue weighted by Gasteiger charge is 2.14. The molecule has 0 spiro atoms. The van der Waals surface area contributed by atoms with Crippen LogP contribution in [0.15, 0.2) is 23.2 Å². The van der Waals surface area contributed by atoms with Gasteiger partial charge in [0, 0.05) is 5.56 Å². The largest absolute Gasteiger partial charge is 0.492 e. The Kier molecular flexibility index (Phi) is 5.57. The van der Waals surface area contributed by atoms with Crippen LogP contribution in [0, 0.1) is 5.92 Å². The van der Waals surface area contributed by atoms with Gasteiger partial charge in [-0.1, -0.05) is 11.6 Å². The van der Waals surface area contributed by atoms with Gasteiger partial charge in [-0.05, 0) is 62.9 Å². The molecule has 0 unspecified atom stereocenters. The van der Waals surface area contributed by atoms with Crippen LogP contribution >= 0.6 is 11.6 Å². The van der Waals surface area contributed by atoms with Crippen molar-refractivity contribution in [1.29, 1.82) is 0 Å². The topological polar surface area (TPSA) is 42.9 Å². The average molecular weight is 323 g/mol. The first-order valence-corrected chi connectivity index (χ1v) is 8.51. The number of rotatable bonds is 6. The first-order chi connectivity index (χ1) is 10.8. The lowest BCUT2D eigenvalue weighted by atomic mass is 9.93. The molecule has 0 aromatic heterocycles. The van der Waals surface area contributed by atoms with Crippen molar-refractivity contribution >= 4 is 17.5 Å². The molecule has 2 aliphatic heterocycles. The zero-order chi connectivity index (χ0) is 15.2. The van der Waals surface area contributed by atoms with Gasteiger partial charge in [0.1, 0.15) is 12.4 Å². The first-order valence-electron chi connectivity index (χ1n) is 8.13. The molecule has 2 aliphatic rings. The van der Waals surface area contributed by atoms with Crippen LogP contribution in [0.3, 0.4) is 0 Å². The van der Waals surface area contributed by atoms with Crippen molar-refractivity contribution in [2.24, 2.45) is 10.9 Å². The lowest BCUT2D eigenvalue weighted by Crippen LogP contribution is -2.27. The van der Waals surface area contributed by atoms with Crippen LogP contribution in [0.4, 0.5) is 0 Å². The maximum absolute atomic E-state index is 6.29. The molecular formula is C17H23ClN2O2. The Morgan fingerprint density at radius 2 is 2.18 bits per heavy atom. The summed E-state index contributed by atoms with van der Waals surface area (Å²) in [6.07, 6.45) is 4.90. The fraction of sp³-hybridized carbons (Fsp3) is 0.588. The second kappa shape index (κ2) is 7.84. The summed E-state index contributed by atoms with van der Waals surface area (Å²) in [6.45, 7) is 4.42. The van der Waals surface area contributed by atoms with Crippen molar-refractivity contribution in [2.45, 2.75) is 25.7 Å². The van der Waals surface area contributed by atoms with E-state index in [0.29, 0.717) is 17.5 Å². The van der Waals surface area contributed by atoms with Gasteiger partial charge in [-0.25, -0.2) is 4.99 Å². The molecule has 0 atom stereocenters. The second-order valence-corrected chi connectivity index (χ2v) is 6.27. The Morgan fingerprint density at radius 1 is 1.32 bits per heavy atom. The van der Waals surface area contributed by atoms with Crippen LogP contribution in [0.5, 0.6) is 5.75 Å². The van der Waals surface area contributed by atoms with Crippen molar-refractivity contribution in [3.63, 3.8) is 0 Å². The predicted molar refractivity (Wildman–Crippen MR) is 89.1 cm³/mol. The van der Waals surface area contributed by atoms with E-state index in [2.05, 4.69) is 10.3 Å². The van der Waals surface area contributed by atoms with Crippen LogP contribution in [-0.4, -0.2) is 38.7 Å². The summed E-state index contributed by atoms with van der Waals surface area (Å²) in [5.74, 6) is 2.27. The minimum atomic E-state index is 0.623. The Bertz CT molecular complexity index is 527. The fourth-order valence-electron chi connectivity index (χ4n) is 2.99. The maximum Gasteiger partial charge on any atom is 0.216 e. The standard InChI is InChI=1S/C17H23ClN2O2/c18-15-12-14(17-20-9-11-22-17)3-4-16(15)21-10-1-2-13-5-7-19-8-6-13/h3-4,12-13,19H,1-2,5-11H2. The molecule has 1 saturated heterocycles. The van der Waals surface area contributed by atoms with Crippen molar-refractivity contribution < 1.29 is 9.47 Å². The molecule has 1 aromatic rings. The number of nitrogens with one attached hydrogen (secondary N) is 1. The van der Waals surface area contributed by atoms with E-state index in [1.165, 1.54) is 19.3 Å². The number of halogens is 1. The summed E-state index contributed by atoms with van der Waals surface area (Å²) in [4.78, 5) is 4.29. The van der Waals surface area contributed by atoms with Gasteiger partial charge in [-0.3, -0.25) is 0 Å². The molecule has 5 heteroatoms. The smallest absolute Gasteiger partial charge is 0.216 e. The summed E-state index contributed by atoms with van der Waals surface area (Å²) in [6, 6.07) is 5.73. The summed E-state index contributed by atoms with van der Waals surface area (Å²) in [5.41, 5.74) is 0.921. The zero-order valence-electron chi connectivity index (χ0n) is 12.8. The zero-order valence-corrected chi connectivity index (χ0v) is 13.6. The number of nitrogens with zero attached hydrogens (tertiary/aromatic N) is 1. The molecule has 0 aliphatic carbocycles. The van der Waals surface area contributed by atoms with E-state index in [0.717, 1.165) is 49.9 Å². The summed E-state index contributed by atoms with van der Waals surface area (Å²) >= 11 is 6.29. The van der Waals surface area contributed by atoms with E-state index in [-0.39, 0.29) is 0 Å². The Morgan fingerprint density at radius 3 is 2.91 bits per heavy atom. The lowest BCUT2D eigenvalue weighted by Gasteiger charge is -2.22. The number of ether oxygens (including phenoxy) is 2. The average Bonchev–Trinajstić information content (AvgIpc) is 3.08. The molecule has 120 valence electrons. The molecule has 2 heterocycles. The molecule has 1 fully saturated rings. The third kappa shape index (κ3) is 4.14. The van der Waals surface area contributed by atoms with Gasteiger partial charge in [0.2, 0.25) is 5.90 Å². The van der Waals surface area contributed by atoms with Crippen molar-refractivity contribution in [3.05, 3.63) is 28.8 Å². The van der Waals surface area contributed by atoms with Gasteiger partial charge in [-0.2, -0.15) is 0 Å². The van der Waals surface area contributed by atoms with Crippen LogP contribution in [0.25, 0.3) is 0 Å². The van der Waals surface area contributed by atoms with Crippen LogP contribution in [-0.2, 0) is 4.74 Å². The number of aliphatic imine (C=N–C) groups is 1. The highest BCUT2D eigenvalue weighted by Crippen LogP contribution is 2.27. The Hall–Kier alpha value is -1.26. The number of benzene rings is 1. The van der Waals surface area contributed by atoms with E-state index in [1.54, 1.807) is 0 Å². The number of piperidine rings is 1. The quantitative estimate of drug-likeness (QED) is 0.817. The van der Waals surface area contributed by atoms with Gasteiger partial charge < -0.3 is 14.8 Å². The highest BCUT2D eigenvalue weighted by molar-refractivity contribution is 6.32. The van der Waals surface area contributed by atoms with E-state index >= 15 is 0 Å². The summed E-state index contributed by atoms with van der Waals surface area (Å²) in [7, 11) is 0. The minimum Gasteiger partial charge on any atom is -0.492 e. The second-order valence-electron chi connectivity index (χ2n) is 5.86. The van der Waals surface area contributed by atoms with Gasteiger partial charge in [0.15, 0.2) is 0 Å². The van der Waals surface area contributed by atoms with Gasteiger partial charge in [0.25, 0.3) is 0 Å². The predicted octanol–water partition coefficient (Wildman–Crippen LogP) is 3.28. The fourth-order valence-corrected chi connectivity index (χ4v) is 3.22. The molecule has 1 N–H and O–H groups in total. The van der Waals surface area contributed by atoms with Crippen LogP contribution < -0.4 is 10.1 Å². The van der Waals surface area contributed by atoms with Crippen molar-refractivity contribution in [2.75, 3.05) is 32.8 Å². The molecule has 4 nitrogen and oxygen atoms in total. The Labute approximate surface area is 136 Å². The van der Waals surface area contributed by atoms with E-state index < -0.39 is 0 Å². The molecule has 22 heavy (non-hydrogen) atoms. The number of hydrogen-bond acceptors (Lipinski definition) is 4.